The van der Waals surface area contributed by atoms with Crippen molar-refractivity contribution >= 4 is 66.7 Å². The molecule has 0 amide bonds. The molecule has 258 valence electrons. The lowest BCUT2D eigenvalue weighted by Gasteiger charge is -2.29. The summed E-state index contributed by atoms with van der Waals surface area (Å²) in [6.45, 7) is 0. The van der Waals surface area contributed by atoms with Crippen LogP contribution in [0, 0.1) is 0 Å². The predicted octanol–water partition coefficient (Wildman–Crippen LogP) is 14.5. The lowest BCUT2D eigenvalue weighted by Crippen LogP contribution is -2.12. The first-order valence-corrected chi connectivity index (χ1v) is 18.8. The molecule has 0 saturated carbocycles. The largest absolute Gasteiger partial charge is 0.310 e. The first-order valence-electron chi connectivity index (χ1n) is 18.8. The fraction of sp³-hybridized carbons (Fsp3) is 0. The quantitative estimate of drug-likeness (QED) is 0.182. The number of rotatable bonds is 3. The second-order valence-corrected chi connectivity index (χ2v) is 14.3. The van der Waals surface area contributed by atoms with E-state index in [1.807, 2.05) is 0 Å². The van der Waals surface area contributed by atoms with E-state index >= 15 is 0 Å². The number of hydrogen-bond acceptors (Lipinski definition) is 2. The van der Waals surface area contributed by atoms with Crippen LogP contribution in [0.5, 0.6) is 0 Å². The number of nitrogens with zero attached hydrogens (tertiary/aromatic N) is 3. The lowest BCUT2D eigenvalue weighted by atomic mass is 9.99. The Kier molecular flexibility index (Phi) is 7.17. The van der Waals surface area contributed by atoms with Crippen molar-refractivity contribution in [2.75, 3.05) is 9.80 Å². The number of hydrogen-bond donors (Lipinski definition) is 0. The van der Waals surface area contributed by atoms with Crippen LogP contribution >= 0.6 is 0 Å². The minimum Gasteiger partial charge on any atom is -0.310 e. The van der Waals surface area contributed by atoms with E-state index in [4.69, 9.17) is 0 Å². The number of aromatic nitrogens is 1. The number of para-hydroxylation sites is 2. The van der Waals surface area contributed by atoms with Crippen molar-refractivity contribution < 1.29 is 0 Å². The summed E-state index contributed by atoms with van der Waals surface area (Å²) in [6.07, 6.45) is 0. The van der Waals surface area contributed by atoms with E-state index in [1.54, 1.807) is 0 Å². The summed E-state index contributed by atoms with van der Waals surface area (Å²) in [6, 6.07) is 77.4. The zero-order valence-corrected chi connectivity index (χ0v) is 30.0. The van der Waals surface area contributed by atoms with Gasteiger partial charge in [-0.1, -0.05) is 127 Å². The maximum absolute atomic E-state index is 2.40. The monoisotopic (exact) mass is 701 g/mol. The first kappa shape index (κ1) is 31.2. The highest BCUT2D eigenvalue weighted by atomic mass is 15.2. The topological polar surface area (TPSA) is 11.4 Å². The van der Waals surface area contributed by atoms with Crippen LogP contribution in [0.3, 0.4) is 0 Å². The molecule has 11 rings (SSSR count). The van der Waals surface area contributed by atoms with Gasteiger partial charge in [-0.25, -0.2) is 0 Å². The minimum absolute atomic E-state index is 1.10. The fourth-order valence-corrected chi connectivity index (χ4v) is 8.53. The van der Waals surface area contributed by atoms with Gasteiger partial charge in [0.25, 0.3) is 0 Å². The molecule has 8 bridgehead atoms. The van der Waals surface area contributed by atoms with Gasteiger partial charge in [0.15, 0.2) is 0 Å². The molecule has 0 N–H and O–H groups in total. The van der Waals surface area contributed by atoms with Crippen LogP contribution in [-0.4, -0.2) is 4.57 Å². The van der Waals surface area contributed by atoms with Gasteiger partial charge in [0.1, 0.15) is 0 Å². The summed E-state index contributed by atoms with van der Waals surface area (Å²) in [7, 11) is 0. The van der Waals surface area contributed by atoms with Crippen molar-refractivity contribution in [2.24, 2.45) is 0 Å². The summed E-state index contributed by atoms with van der Waals surface area (Å²) >= 11 is 0. The molecule has 0 spiro atoms. The Morgan fingerprint density at radius 3 is 1.35 bits per heavy atom. The Labute approximate surface area is 320 Å². The predicted molar refractivity (Wildman–Crippen MR) is 232 cm³/mol. The van der Waals surface area contributed by atoms with Gasteiger partial charge < -0.3 is 14.4 Å². The molecule has 3 nitrogen and oxygen atoms in total. The van der Waals surface area contributed by atoms with Crippen LogP contribution in [0.1, 0.15) is 0 Å². The molecule has 1 aliphatic rings. The van der Waals surface area contributed by atoms with Crippen molar-refractivity contribution in [2.45, 2.75) is 0 Å². The van der Waals surface area contributed by atoms with E-state index in [9.17, 15) is 0 Å². The molecule has 1 aromatic heterocycles. The fourth-order valence-electron chi connectivity index (χ4n) is 8.53. The maximum atomic E-state index is 2.40. The highest BCUT2D eigenvalue weighted by molar-refractivity contribution is 6.10. The lowest BCUT2D eigenvalue weighted by molar-refractivity contribution is 1.18. The third kappa shape index (κ3) is 5.20. The Balaban J connectivity index is 1.16. The van der Waals surface area contributed by atoms with Gasteiger partial charge in [0.05, 0.1) is 16.7 Å². The molecule has 55 heavy (non-hydrogen) atoms. The third-order valence-electron chi connectivity index (χ3n) is 11.0. The molecule has 2 heterocycles. The van der Waals surface area contributed by atoms with Crippen molar-refractivity contribution in [3.63, 3.8) is 0 Å². The van der Waals surface area contributed by atoms with Crippen molar-refractivity contribution in [3.8, 4) is 27.9 Å². The zero-order chi connectivity index (χ0) is 36.3. The zero-order valence-electron chi connectivity index (χ0n) is 30.0. The van der Waals surface area contributed by atoms with Gasteiger partial charge in [-0.15, -0.1) is 0 Å². The van der Waals surface area contributed by atoms with E-state index in [-0.39, 0.29) is 0 Å². The van der Waals surface area contributed by atoms with Crippen molar-refractivity contribution in [1.29, 1.82) is 0 Å². The van der Waals surface area contributed by atoms with Crippen LogP contribution in [0.4, 0.5) is 34.1 Å². The summed E-state index contributed by atoms with van der Waals surface area (Å²) in [5.74, 6) is 0. The van der Waals surface area contributed by atoms with Crippen LogP contribution < -0.4 is 9.80 Å². The molecule has 0 radical (unpaired) electrons. The third-order valence-corrected chi connectivity index (χ3v) is 11.0. The van der Waals surface area contributed by atoms with Crippen LogP contribution in [-0.2, 0) is 0 Å². The van der Waals surface area contributed by atoms with Crippen LogP contribution in [0.15, 0.2) is 212 Å². The number of anilines is 6. The summed E-state index contributed by atoms with van der Waals surface area (Å²) in [5, 5.41) is 4.91. The SMILES string of the molecule is c1ccc(-n2c3ccccc3c3ccc(N4c5cccc(c5)-c5cccc(c5)N(c5cccc6ccccc56)c5cccc(c5)-c5cccc4c5)cc32)cc1. The van der Waals surface area contributed by atoms with Gasteiger partial charge in [-0.3, -0.25) is 0 Å². The standard InChI is InChI=1S/C52H35N3/c1-2-19-41(20-3-1)55-51-27-7-6-26-48(51)49-30-29-46(35-52(49)55)53-42-21-8-15-37(31-42)39-17-10-23-44(33-39)54(50-28-12-14-36-13-4-5-25-47(36)50)45-24-11-18-40(34-45)38-16-9-22-43(53)32-38/h1-35H. The van der Waals surface area contributed by atoms with E-state index in [2.05, 4.69) is 227 Å². The van der Waals surface area contributed by atoms with E-state index in [1.165, 1.54) is 32.6 Å². The van der Waals surface area contributed by atoms with Gasteiger partial charge in [-0.05, 0) is 113 Å². The van der Waals surface area contributed by atoms with E-state index < -0.39 is 0 Å². The molecule has 10 aromatic rings. The molecule has 0 saturated heterocycles. The molecule has 0 unspecified atom stereocenters. The van der Waals surface area contributed by atoms with Gasteiger partial charge in [0.2, 0.25) is 0 Å². The maximum Gasteiger partial charge on any atom is 0.0561 e. The van der Waals surface area contributed by atoms with Crippen molar-refractivity contribution in [1.82, 2.24) is 4.57 Å². The summed E-state index contributed by atoms with van der Waals surface area (Å²) < 4.78 is 2.39. The Bertz CT molecular complexity index is 2970. The first-order chi connectivity index (χ1) is 27.3. The highest BCUT2D eigenvalue weighted by Crippen LogP contribution is 2.45. The number of fused-ring (bicyclic) bond motifs is 14. The molecule has 0 fully saturated rings. The van der Waals surface area contributed by atoms with E-state index in [0.29, 0.717) is 0 Å². The summed E-state index contributed by atoms with van der Waals surface area (Å²) in [4.78, 5) is 4.81. The summed E-state index contributed by atoms with van der Waals surface area (Å²) in [5.41, 5.74) is 14.8. The Hall–Kier alpha value is -7.36. The molecular weight excluding hydrogens is 667 g/mol. The van der Waals surface area contributed by atoms with Crippen LogP contribution in [0.25, 0.3) is 60.5 Å². The normalized spacial score (nSPS) is 12.3. The molecule has 0 aliphatic carbocycles. The second kappa shape index (κ2) is 12.6. The molecule has 3 heteroatoms. The smallest absolute Gasteiger partial charge is 0.0561 e. The number of benzene rings is 9. The average molecular weight is 702 g/mol. The Morgan fingerprint density at radius 2 is 0.709 bits per heavy atom. The average Bonchev–Trinajstić information content (AvgIpc) is 3.58. The molecular formula is C52H35N3. The highest BCUT2D eigenvalue weighted by Gasteiger charge is 2.21. The van der Waals surface area contributed by atoms with Gasteiger partial charge in [0, 0.05) is 50.3 Å². The Morgan fingerprint density at radius 1 is 0.255 bits per heavy atom. The molecule has 9 aromatic carbocycles. The van der Waals surface area contributed by atoms with E-state index in [0.717, 1.165) is 62.1 Å². The minimum atomic E-state index is 1.10. The van der Waals surface area contributed by atoms with Gasteiger partial charge >= 0.3 is 0 Å². The van der Waals surface area contributed by atoms with Crippen molar-refractivity contribution in [3.05, 3.63) is 212 Å². The molecule has 0 atom stereocenters. The second-order valence-electron chi connectivity index (χ2n) is 14.3. The van der Waals surface area contributed by atoms with Crippen LogP contribution in [0.2, 0.25) is 0 Å². The molecule has 1 aliphatic heterocycles. The van der Waals surface area contributed by atoms with Gasteiger partial charge in [-0.2, -0.15) is 0 Å².